The van der Waals surface area contributed by atoms with Crippen LogP contribution < -0.4 is 5.32 Å². The smallest absolute Gasteiger partial charge is 0.271 e. The summed E-state index contributed by atoms with van der Waals surface area (Å²) in [5.41, 5.74) is 0.761. The Balaban J connectivity index is 1.90. The van der Waals surface area contributed by atoms with Crippen molar-refractivity contribution in [1.29, 1.82) is 0 Å². The van der Waals surface area contributed by atoms with Crippen LogP contribution in [0.2, 0.25) is 0 Å². The van der Waals surface area contributed by atoms with E-state index in [4.69, 9.17) is 0 Å². The highest BCUT2D eigenvalue weighted by atomic mass is 16.6. The number of nitro groups is 1. The fraction of sp³-hybridized carbons (Fsp3) is 0.200. The molecule has 0 amide bonds. The maximum atomic E-state index is 10.6. The van der Waals surface area contributed by atoms with E-state index in [0.717, 1.165) is 0 Å². The van der Waals surface area contributed by atoms with Gasteiger partial charge in [-0.25, -0.2) is 0 Å². The Morgan fingerprint density at radius 1 is 1.47 bits per heavy atom. The third-order valence-electron chi connectivity index (χ3n) is 2.14. The molecule has 0 bridgehead atoms. The molecule has 0 aliphatic rings. The fourth-order valence-corrected chi connectivity index (χ4v) is 1.35. The van der Waals surface area contributed by atoms with Gasteiger partial charge in [0, 0.05) is 30.8 Å². The highest BCUT2D eigenvalue weighted by molar-refractivity contribution is 5.50. The van der Waals surface area contributed by atoms with Crippen molar-refractivity contribution in [3.8, 4) is 0 Å². The maximum Gasteiger partial charge on any atom is 0.271 e. The molecule has 0 saturated heterocycles. The number of non-ortho nitro benzene ring substituents is 1. The molecule has 88 valence electrons. The van der Waals surface area contributed by atoms with Gasteiger partial charge in [0.25, 0.3) is 5.69 Å². The van der Waals surface area contributed by atoms with Crippen LogP contribution in [0.15, 0.2) is 35.2 Å². The number of nitrogens with one attached hydrogen (secondary N) is 1. The van der Waals surface area contributed by atoms with Crippen molar-refractivity contribution in [3.05, 3.63) is 46.6 Å². The first kappa shape index (κ1) is 11.1. The van der Waals surface area contributed by atoms with E-state index in [1.54, 1.807) is 12.1 Å². The number of rotatable bonds is 5. The third kappa shape index (κ3) is 3.00. The number of benzene rings is 1. The number of hydrogen-bond acceptors (Lipinski definition) is 6. The monoisotopic (exact) mass is 234 g/mol. The van der Waals surface area contributed by atoms with Gasteiger partial charge in [-0.2, -0.15) is 4.98 Å². The van der Waals surface area contributed by atoms with Gasteiger partial charge in [-0.1, -0.05) is 11.2 Å². The standard InChI is InChI=1S/C10H10N4O3/c15-14(16)9-3-1-2-8(6-9)11-5-4-10-12-7-17-13-10/h1-3,6-7,11H,4-5H2. The second-order valence-corrected chi connectivity index (χ2v) is 3.33. The summed E-state index contributed by atoms with van der Waals surface area (Å²) in [4.78, 5) is 14.0. The molecule has 0 saturated carbocycles. The van der Waals surface area contributed by atoms with Gasteiger partial charge < -0.3 is 9.84 Å². The van der Waals surface area contributed by atoms with Gasteiger partial charge in [-0.3, -0.25) is 10.1 Å². The zero-order valence-electron chi connectivity index (χ0n) is 8.87. The highest BCUT2D eigenvalue weighted by Crippen LogP contribution is 2.16. The van der Waals surface area contributed by atoms with Crippen molar-refractivity contribution in [3.63, 3.8) is 0 Å². The molecule has 2 aromatic rings. The molecule has 2 rings (SSSR count). The molecule has 7 heteroatoms. The molecule has 1 N–H and O–H groups in total. The largest absolute Gasteiger partial charge is 0.384 e. The van der Waals surface area contributed by atoms with Gasteiger partial charge in [0.1, 0.15) is 0 Å². The number of nitrogens with zero attached hydrogens (tertiary/aromatic N) is 3. The lowest BCUT2D eigenvalue weighted by molar-refractivity contribution is -0.384. The Kier molecular flexibility index (Phi) is 3.29. The fourth-order valence-electron chi connectivity index (χ4n) is 1.35. The van der Waals surface area contributed by atoms with E-state index < -0.39 is 4.92 Å². The Labute approximate surface area is 96.6 Å². The topological polar surface area (TPSA) is 94.1 Å². The number of nitro benzene ring substituents is 1. The Morgan fingerprint density at radius 2 is 2.35 bits per heavy atom. The average Bonchev–Trinajstić information content (AvgIpc) is 2.82. The van der Waals surface area contributed by atoms with E-state index in [1.807, 2.05) is 0 Å². The van der Waals surface area contributed by atoms with Crippen LogP contribution in [0.1, 0.15) is 5.82 Å². The lowest BCUT2D eigenvalue weighted by Crippen LogP contribution is -2.06. The van der Waals surface area contributed by atoms with Crippen molar-refractivity contribution >= 4 is 11.4 Å². The molecule has 7 nitrogen and oxygen atoms in total. The third-order valence-corrected chi connectivity index (χ3v) is 2.14. The molecular formula is C10H10N4O3. The zero-order chi connectivity index (χ0) is 12.1. The summed E-state index contributed by atoms with van der Waals surface area (Å²) in [5, 5.41) is 17.3. The van der Waals surface area contributed by atoms with Gasteiger partial charge in [0.15, 0.2) is 5.82 Å². The van der Waals surface area contributed by atoms with E-state index in [1.165, 1.54) is 18.5 Å². The minimum absolute atomic E-state index is 0.0644. The molecule has 0 aliphatic heterocycles. The van der Waals surface area contributed by atoms with Gasteiger partial charge in [-0.15, -0.1) is 0 Å². The molecular weight excluding hydrogens is 224 g/mol. The molecule has 0 radical (unpaired) electrons. The van der Waals surface area contributed by atoms with Crippen molar-refractivity contribution in [2.45, 2.75) is 6.42 Å². The van der Waals surface area contributed by atoms with Crippen LogP contribution in [0, 0.1) is 10.1 Å². The van der Waals surface area contributed by atoms with Gasteiger partial charge in [-0.05, 0) is 6.07 Å². The summed E-state index contributed by atoms with van der Waals surface area (Å²) in [6, 6.07) is 6.33. The van der Waals surface area contributed by atoms with E-state index in [9.17, 15) is 10.1 Å². The first-order chi connectivity index (χ1) is 8.25. The minimum Gasteiger partial charge on any atom is -0.384 e. The molecule has 17 heavy (non-hydrogen) atoms. The van der Waals surface area contributed by atoms with Crippen molar-refractivity contribution < 1.29 is 9.45 Å². The number of hydrogen-bond donors (Lipinski definition) is 1. The van der Waals surface area contributed by atoms with Gasteiger partial charge >= 0.3 is 0 Å². The summed E-state index contributed by atoms with van der Waals surface area (Å²) in [5.74, 6) is 0.600. The van der Waals surface area contributed by atoms with Crippen LogP contribution in [0.5, 0.6) is 0 Å². The second kappa shape index (κ2) is 5.06. The summed E-state index contributed by atoms with van der Waals surface area (Å²) in [6.45, 7) is 0.584. The first-order valence-electron chi connectivity index (χ1n) is 4.99. The molecule has 0 aliphatic carbocycles. The first-order valence-corrected chi connectivity index (χ1v) is 4.99. The summed E-state index contributed by atoms with van der Waals surface area (Å²) in [7, 11) is 0. The quantitative estimate of drug-likeness (QED) is 0.624. The predicted molar refractivity (Wildman–Crippen MR) is 59.6 cm³/mol. The van der Waals surface area contributed by atoms with Crippen LogP contribution >= 0.6 is 0 Å². The van der Waals surface area contributed by atoms with Gasteiger partial charge in [0.2, 0.25) is 6.39 Å². The van der Waals surface area contributed by atoms with Crippen LogP contribution in [0.4, 0.5) is 11.4 Å². The molecule has 0 spiro atoms. The summed E-state index contributed by atoms with van der Waals surface area (Å²) >= 11 is 0. The van der Waals surface area contributed by atoms with Crippen molar-refractivity contribution in [1.82, 2.24) is 10.1 Å². The highest BCUT2D eigenvalue weighted by Gasteiger charge is 2.05. The number of aromatic nitrogens is 2. The molecule has 0 atom stereocenters. The van der Waals surface area contributed by atoms with Crippen molar-refractivity contribution in [2.75, 3.05) is 11.9 Å². The van der Waals surface area contributed by atoms with Gasteiger partial charge in [0.05, 0.1) is 4.92 Å². The van der Waals surface area contributed by atoms with E-state index in [2.05, 4.69) is 20.0 Å². The average molecular weight is 234 g/mol. The minimum atomic E-state index is -0.426. The molecule has 0 unspecified atom stereocenters. The Bertz CT molecular complexity index is 498. The van der Waals surface area contributed by atoms with E-state index in [-0.39, 0.29) is 5.69 Å². The van der Waals surface area contributed by atoms with E-state index in [0.29, 0.717) is 24.5 Å². The molecule has 1 aromatic carbocycles. The summed E-state index contributed by atoms with van der Waals surface area (Å²) < 4.78 is 4.59. The SMILES string of the molecule is O=[N+]([O-])c1cccc(NCCc2ncon2)c1. The lowest BCUT2D eigenvalue weighted by atomic mass is 10.2. The lowest BCUT2D eigenvalue weighted by Gasteiger charge is -2.03. The normalized spacial score (nSPS) is 10.1. The number of anilines is 1. The Morgan fingerprint density at radius 3 is 3.06 bits per heavy atom. The Hall–Kier alpha value is -2.44. The maximum absolute atomic E-state index is 10.6. The zero-order valence-corrected chi connectivity index (χ0v) is 8.87. The van der Waals surface area contributed by atoms with E-state index >= 15 is 0 Å². The molecule has 0 fully saturated rings. The molecule has 1 aromatic heterocycles. The second-order valence-electron chi connectivity index (χ2n) is 3.33. The predicted octanol–water partition coefficient (Wildman–Crippen LogP) is 1.63. The van der Waals surface area contributed by atoms with Crippen LogP contribution in [-0.4, -0.2) is 21.6 Å². The summed E-state index contributed by atoms with van der Waals surface area (Å²) in [6.07, 6.45) is 1.86. The van der Waals surface area contributed by atoms with Crippen LogP contribution in [-0.2, 0) is 6.42 Å². The van der Waals surface area contributed by atoms with Crippen LogP contribution in [0.3, 0.4) is 0 Å². The molecule has 1 heterocycles. The van der Waals surface area contributed by atoms with Crippen LogP contribution in [0.25, 0.3) is 0 Å². The van der Waals surface area contributed by atoms with Crippen molar-refractivity contribution in [2.24, 2.45) is 0 Å².